The largest absolute Gasteiger partial charge is 0.491 e. The Labute approximate surface area is 373 Å². The van der Waals surface area contributed by atoms with Crippen molar-refractivity contribution in [3.63, 3.8) is 0 Å². The van der Waals surface area contributed by atoms with E-state index in [1.165, 1.54) is 0 Å². The number of hydrogen-bond acceptors (Lipinski definition) is 11. The fourth-order valence-corrected chi connectivity index (χ4v) is 10.3. The molecule has 4 aliphatic heterocycles. The Morgan fingerprint density at radius 2 is 1.67 bits per heavy atom. The molecule has 5 heterocycles. The van der Waals surface area contributed by atoms with Crippen molar-refractivity contribution in [3.05, 3.63) is 82.7 Å². The van der Waals surface area contributed by atoms with Crippen LogP contribution in [0.1, 0.15) is 107 Å². The lowest BCUT2D eigenvalue weighted by molar-refractivity contribution is -0.138. The van der Waals surface area contributed by atoms with Crippen LogP contribution in [0, 0.1) is 11.8 Å². The lowest BCUT2D eigenvalue weighted by Crippen LogP contribution is -2.47. The highest BCUT2D eigenvalue weighted by atomic mass is 16.5. The van der Waals surface area contributed by atoms with Gasteiger partial charge in [-0.05, 0) is 112 Å². The lowest BCUT2D eigenvalue weighted by Gasteiger charge is -2.34. The zero-order valence-electron chi connectivity index (χ0n) is 37.8. The molecule has 0 bridgehead atoms. The van der Waals surface area contributed by atoms with E-state index in [0.29, 0.717) is 33.0 Å². The third-order valence-corrected chi connectivity index (χ3v) is 13.9. The monoisotopic (exact) mass is 865 g/mol. The number of nitrogens with two attached hydrogens (primary N) is 1. The molecule has 340 valence electrons. The van der Waals surface area contributed by atoms with E-state index < -0.39 is 6.04 Å². The maximum atomic E-state index is 14.5. The van der Waals surface area contributed by atoms with Gasteiger partial charge in [-0.15, -0.1) is 0 Å². The zero-order valence-corrected chi connectivity index (χ0v) is 37.8. The fourth-order valence-electron chi connectivity index (χ4n) is 10.3. The van der Waals surface area contributed by atoms with Crippen LogP contribution in [0.2, 0.25) is 0 Å². The Morgan fingerprint density at radius 1 is 0.905 bits per heavy atom. The topological polar surface area (TPSA) is 160 Å². The SMILES string of the molecule is COCCOC1=C(C2=CCC(C3=NC(C4CCCN4C(=O)C(c4ccccc4)N4CCCC4)N=C3)CC2OCCOC)CCC(c2cnc(C3CCCN3C(=O)C(N)C(C)C)[nH]2)=C1. The first-order chi connectivity index (χ1) is 30.7. The van der Waals surface area contributed by atoms with Crippen LogP contribution in [0.25, 0.3) is 5.57 Å². The van der Waals surface area contributed by atoms with Crippen molar-refractivity contribution in [2.75, 3.05) is 66.8 Å². The van der Waals surface area contributed by atoms with Gasteiger partial charge in [-0.25, -0.2) is 4.98 Å². The van der Waals surface area contributed by atoms with Gasteiger partial charge in [0, 0.05) is 39.4 Å². The highest BCUT2D eigenvalue weighted by molar-refractivity contribution is 6.32. The molecule has 7 atom stereocenters. The number of methoxy groups -OCH3 is 2. The quantitative estimate of drug-likeness (QED) is 0.167. The molecule has 6 aliphatic rings. The zero-order chi connectivity index (χ0) is 43.9. The molecule has 8 rings (SSSR count). The van der Waals surface area contributed by atoms with E-state index in [1.807, 2.05) is 49.4 Å². The molecule has 0 saturated carbocycles. The highest BCUT2D eigenvalue weighted by Crippen LogP contribution is 2.41. The van der Waals surface area contributed by atoms with Gasteiger partial charge in [-0.1, -0.05) is 50.3 Å². The summed E-state index contributed by atoms with van der Waals surface area (Å²) >= 11 is 0. The van der Waals surface area contributed by atoms with Crippen LogP contribution in [0.15, 0.2) is 75.6 Å². The number of ether oxygens (including phenoxy) is 4. The number of hydrogen-bond donors (Lipinski definition) is 2. The Kier molecular flexibility index (Phi) is 15.0. The normalized spacial score (nSPS) is 26.4. The number of nitrogens with zero attached hydrogens (tertiary/aromatic N) is 6. The molecule has 2 amide bonds. The predicted octanol–water partition coefficient (Wildman–Crippen LogP) is 6.20. The number of benzene rings is 1. The van der Waals surface area contributed by atoms with Crippen LogP contribution in [0.3, 0.4) is 0 Å². The van der Waals surface area contributed by atoms with Crippen LogP contribution in [-0.2, 0) is 28.5 Å². The fraction of sp³-hybridized carbons (Fsp3) is 0.612. The van der Waals surface area contributed by atoms with Crippen molar-refractivity contribution in [2.45, 2.75) is 114 Å². The second-order valence-electron chi connectivity index (χ2n) is 18.2. The molecule has 14 nitrogen and oxygen atoms in total. The standard InChI is InChI=1S/C49H68N8O6/c1-32(2)44(50)48(58)56-22-10-14-40(56)46-51-30-38(53-46)34-16-18-36(42(28-34)62-26-24-60-3)37-19-17-35(29-43(37)63-27-25-61-4)39-31-52-47(54-39)41-15-11-23-57(41)49(59)45(55-20-8-9-21-55)33-12-6-5-7-13-33/h5-7,12-13,19,28,30-32,35,40-41,43-45,47H,8-11,14-18,20-27,29,50H2,1-4H3,(H,51,53). The van der Waals surface area contributed by atoms with E-state index in [9.17, 15) is 9.59 Å². The number of likely N-dealkylation sites (tertiary alicyclic amines) is 3. The number of nitrogens with one attached hydrogen (secondary N) is 1. The van der Waals surface area contributed by atoms with E-state index in [1.54, 1.807) is 14.2 Å². The number of carbonyl (C=O) groups is 2. The number of aromatic amines is 1. The molecule has 7 unspecified atom stereocenters. The third-order valence-electron chi connectivity index (χ3n) is 13.9. The summed E-state index contributed by atoms with van der Waals surface area (Å²) in [5.41, 5.74) is 12.7. The Balaban J connectivity index is 1.01. The number of aromatic nitrogens is 2. The van der Waals surface area contributed by atoms with Crippen LogP contribution in [-0.4, -0.2) is 140 Å². The molecular weight excluding hydrogens is 797 g/mol. The number of rotatable bonds is 18. The van der Waals surface area contributed by atoms with Gasteiger partial charge in [0.2, 0.25) is 11.8 Å². The Hall–Kier alpha value is -4.47. The molecule has 1 aromatic heterocycles. The summed E-state index contributed by atoms with van der Waals surface area (Å²) in [4.78, 5) is 52.8. The number of aliphatic imine (C=N–C) groups is 2. The Morgan fingerprint density at radius 3 is 2.44 bits per heavy atom. The lowest BCUT2D eigenvalue weighted by atomic mass is 9.79. The minimum Gasteiger partial charge on any atom is -0.491 e. The number of imidazole rings is 1. The summed E-state index contributed by atoms with van der Waals surface area (Å²) in [6, 6.07) is 9.29. The van der Waals surface area contributed by atoms with Gasteiger partial charge >= 0.3 is 0 Å². The van der Waals surface area contributed by atoms with Gasteiger partial charge in [0.25, 0.3) is 0 Å². The van der Waals surface area contributed by atoms with E-state index in [-0.39, 0.29) is 54.0 Å². The molecule has 1 aromatic carbocycles. The van der Waals surface area contributed by atoms with Crippen LogP contribution in [0.4, 0.5) is 0 Å². The molecule has 0 radical (unpaired) electrons. The number of allylic oxidation sites excluding steroid dienone is 3. The van der Waals surface area contributed by atoms with Crippen LogP contribution >= 0.6 is 0 Å². The second-order valence-corrected chi connectivity index (χ2v) is 18.2. The predicted molar refractivity (Wildman–Crippen MR) is 244 cm³/mol. The number of carbonyl (C=O) groups excluding carboxylic acids is 2. The smallest absolute Gasteiger partial charge is 0.244 e. The first-order valence-corrected chi connectivity index (χ1v) is 23.4. The summed E-state index contributed by atoms with van der Waals surface area (Å²) in [6.45, 7) is 9.09. The minimum absolute atomic E-state index is 0.0152. The number of amides is 2. The van der Waals surface area contributed by atoms with Crippen molar-refractivity contribution in [2.24, 2.45) is 27.6 Å². The molecular formula is C49H68N8O6. The van der Waals surface area contributed by atoms with Gasteiger partial charge in [-0.2, -0.15) is 0 Å². The average Bonchev–Trinajstić information content (AvgIpc) is 4.16. The van der Waals surface area contributed by atoms with Crippen molar-refractivity contribution >= 4 is 29.3 Å². The molecule has 3 N–H and O–H groups in total. The molecule has 3 fully saturated rings. The van der Waals surface area contributed by atoms with Crippen LogP contribution in [0.5, 0.6) is 0 Å². The van der Waals surface area contributed by atoms with Gasteiger partial charge in [0.05, 0.1) is 61.7 Å². The van der Waals surface area contributed by atoms with Crippen molar-refractivity contribution in [3.8, 4) is 0 Å². The van der Waals surface area contributed by atoms with Crippen molar-refractivity contribution in [1.82, 2.24) is 24.7 Å². The van der Waals surface area contributed by atoms with Gasteiger partial charge in [0.15, 0.2) is 6.17 Å². The van der Waals surface area contributed by atoms with Crippen molar-refractivity contribution in [1.29, 1.82) is 0 Å². The third kappa shape index (κ3) is 10.1. The van der Waals surface area contributed by atoms with E-state index in [2.05, 4.69) is 39.1 Å². The minimum atomic E-state index is -0.530. The first kappa shape index (κ1) is 45.1. The van der Waals surface area contributed by atoms with Gasteiger partial charge in [0.1, 0.15) is 24.2 Å². The molecule has 63 heavy (non-hydrogen) atoms. The molecule has 2 aromatic rings. The maximum Gasteiger partial charge on any atom is 0.244 e. The summed E-state index contributed by atoms with van der Waals surface area (Å²) in [5.74, 6) is 1.95. The van der Waals surface area contributed by atoms with E-state index in [4.69, 9.17) is 39.6 Å². The molecule has 3 saturated heterocycles. The van der Waals surface area contributed by atoms with Crippen LogP contribution < -0.4 is 5.73 Å². The summed E-state index contributed by atoms with van der Waals surface area (Å²) in [5, 5.41) is 0. The summed E-state index contributed by atoms with van der Waals surface area (Å²) in [6.07, 6.45) is 16.7. The molecule has 0 spiro atoms. The maximum absolute atomic E-state index is 14.5. The number of H-pyrrole nitrogens is 1. The highest BCUT2D eigenvalue weighted by Gasteiger charge is 2.42. The second kappa shape index (κ2) is 21.0. The Bertz CT molecular complexity index is 2050. The first-order valence-electron chi connectivity index (χ1n) is 23.4. The van der Waals surface area contributed by atoms with Gasteiger partial charge < -0.3 is 39.5 Å². The molecule has 2 aliphatic carbocycles. The van der Waals surface area contributed by atoms with Gasteiger partial charge in [-0.3, -0.25) is 24.5 Å². The van der Waals surface area contributed by atoms with Crippen molar-refractivity contribution < 1.29 is 28.5 Å². The van der Waals surface area contributed by atoms with E-state index >= 15 is 0 Å². The average molecular weight is 865 g/mol. The summed E-state index contributed by atoms with van der Waals surface area (Å²) < 4.78 is 24.0. The van der Waals surface area contributed by atoms with E-state index in [0.717, 1.165) is 129 Å². The molecule has 14 heteroatoms. The summed E-state index contributed by atoms with van der Waals surface area (Å²) in [7, 11) is 3.37.